The number of allylic oxidation sites excluding steroid dienone is 4. The van der Waals surface area contributed by atoms with E-state index in [-0.39, 0.29) is 24.8 Å². The summed E-state index contributed by atoms with van der Waals surface area (Å²) < 4.78 is 1.51. The maximum Gasteiger partial charge on any atom is -0.0264 e. The van der Waals surface area contributed by atoms with E-state index >= 15 is 0 Å². The van der Waals surface area contributed by atoms with Crippen molar-refractivity contribution in [3.8, 4) is 11.1 Å². The van der Waals surface area contributed by atoms with E-state index in [0.717, 1.165) is 17.8 Å². The molecule has 3 heteroatoms. The molecule has 0 spiro atoms. The van der Waals surface area contributed by atoms with Crippen LogP contribution in [0.2, 0.25) is 0 Å². The van der Waals surface area contributed by atoms with Crippen molar-refractivity contribution in [3.63, 3.8) is 0 Å². The second-order valence-electron chi connectivity index (χ2n) is 18.5. The Morgan fingerprint density at radius 1 is 0.808 bits per heavy atom. The minimum absolute atomic E-state index is 0. The van der Waals surface area contributed by atoms with Gasteiger partial charge in [0.15, 0.2) is 0 Å². The fourth-order valence-electron chi connectivity index (χ4n) is 12.3. The predicted octanol–water partition coefficient (Wildman–Crippen LogP) is 7.51. The van der Waals surface area contributed by atoms with E-state index in [1.807, 2.05) is 0 Å². The van der Waals surface area contributed by atoms with Gasteiger partial charge in [-0.3, -0.25) is 6.08 Å². The van der Waals surface area contributed by atoms with E-state index in [0.29, 0.717) is 34.5 Å². The largest absolute Gasteiger partial charge is 1.00 e. The van der Waals surface area contributed by atoms with Gasteiger partial charge in [0.2, 0.25) is 0 Å². The van der Waals surface area contributed by atoms with E-state index in [4.69, 9.17) is 0 Å². The van der Waals surface area contributed by atoms with Crippen LogP contribution >= 0.6 is 0 Å². The first-order chi connectivity index (χ1) is 23.6. The summed E-state index contributed by atoms with van der Waals surface area (Å²) in [7, 11) is 0. The van der Waals surface area contributed by atoms with Crippen LogP contribution < -0.4 is 24.8 Å². The fraction of sp³-hybridized carbons (Fsp3) is 0.551. The fourth-order valence-corrected chi connectivity index (χ4v) is 12.3. The summed E-state index contributed by atoms with van der Waals surface area (Å²) in [4.78, 5) is 0. The molecule has 4 fully saturated rings. The quantitative estimate of drug-likeness (QED) is 0.224. The van der Waals surface area contributed by atoms with Crippen LogP contribution in [-0.4, -0.2) is 3.21 Å². The summed E-state index contributed by atoms with van der Waals surface area (Å²) >= 11 is 1.55. The third kappa shape index (κ3) is 6.66. The molecule has 4 saturated carbocycles. The van der Waals surface area contributed by atoms with Crippen molar-refractivity contribution in [3.05, 3.63) is 99.0 Å². The number of benzene rings is 3. The van der Waals surface area contributed by atoms with Crippen molar-refractivity contribution in [1.29, 1.82) is 0 Å². The third-order valence-corrected chi connectivity index (χ3v) is 15.0. The number of rotatable bonds is 1. The molecule has 0 saturated heterocycles. The van der Waals surface area contributed by atoms with Gasteiger partial charge in [-0.1, -0.05) is 113 Å². The molecular weight excluding hydrogens is 751 g/mol. The average molecular weight is 813 g/mol. The molecule has 7 aliphatic rings. The first-order valence-corrected chi connectivity index (χ1v) is 21.2. The van der Waals surface area contributed by atoms with Gasteiger partial charge in [0.05, 0.1) is 0 Å². The molecule has 0 aliphatic heterocycles. The SMILES string of the molecule is CC1=CC(C)(C23CC4CC(CC(C4)C2)C3)C=[C-]1.C[C](C)=[Zr+2].Cc1cc2c(c(C)c1C)C(C)c1c3c(c4ccccc4c1-2)C(C)C(C)C(C)[C-]3C.[Cl-].[Cl-]. The Balaban J connectivity index is 0.000000193. The normalized spacial score (nSPS) is 32.7. The Morgan fingerprint density at radius 3 is 1.87 bits per heavy atom. The molecule has 0 amide bonds. The Kier molecular flexibility index (Phi) is 12.3. The summed E-state index contributed by atoms with van der Waals surface area (Å²) in [5.41, 5.74) is 16.0. The van der Waals surface area contributed by atoms with Crippen LogP contribution in [0.3, 0.4) is 0 Å². The molecule has 0 heterocycles. The molecule has 0 aromatic heterocycles. The summed E-state index contributed by atoms with van der Waals surface area (Å²) in [5.74, 6) is 7.11. The van der Waals surface area contributed by atoms with E-state index in [1.165, 1.54) is 66.6 Å². The van der Waals surface area contributed by atoms with Crippen molar-refractivity contribution >= 4 is 14.0 Å². The molecule has 0 radical (unpaired) electrons. The second kappa shape index (κ2) is 15.3. The molecule has 52 heavy (non-hydrogen) atoms. The van der Waals surface area contributed by atoms with Crippen LogP contribution in [0.5, 0.6) is 0 Å². The Bertz CT molecular complexity index is 1890. The molecular formula is C49H62Cl2Zr-2. The molecule has 278 valence electrons. The number of hydrogen-bond acceptors (Lipinski definition) is 0. The first kappa shape index (κ1) is 41.8. The molecule has 3 aromatic rings. The molecule has 0 N–H and O–H groups in total. The topological polar surface area (TPSA) is 0 Å². The van der Waals surface area contributed by atoms with Gasteiger partial charge in [-0.15, -0.1) is 11.1 Å². The maximum atomic E-state index is 3.47. The Labute approximate surface area is 344 Å². The van der Waals surface area contributed by atoms with E-state index in [2.05, 4.69) is 132 Å². The first-order valence-electron chi connectivity index (χ1n) is 19.9. The van der Waals surface area contributed by atoms with Crippen molar-refractivity contribution in [2.75, 3.05) is 0 Å². The number of halogens is 2. The van der Waals surface area contributed by atoms with Gasteiger partial charge < -0.3 is 24.8 Å². The number of hydrogen-bond donors (Lipinski definition) is 0. The minimum Gasteiger partial charge on any atom is -1.00 e. The zero-order chi connectivity index (χ0) is 36.0. The molecule has 5 unspecified atom stereocenters. The summed E-state index contributed by atoms with van der Waals surface area (Å²) in [6, 6.07) is 11.7. The van der Waals surface area contributed by atoms with Gasteiger partial charge in [-0.25, -0.2) is 11.6 Å². The van der Waals surface area contributed by atoms with Gasteiger partial charge in [0.25, 0.3) is 0 Å². The second-order valence-corrected chi connectivity index (χ2v) is 20.9. The molecule has 3 aromatic carbocycles. The van der Waals surface area contributed by atoms with E-state index in [1.54, 1.807) is 71.7 Å². The smallest absolute Gasteiger partial charge is 0.0264 e. The van der Waals surface area contributed by atoms with Crippen molar-refractivity contribution in [2.24, 2.45) is 40.4 Å². The van der Waals surface area contributed by atoms with Crippen molar-refractivity contribution < 1.29 is 49.0 Å². The van der Waals surface area contributed by atoms with Crippen LogP contribution in [0.15, 0.2) is 48.1 Å². The Morgan fingerprint density at radius 2 is 1.35 bits per heavy atom. The third-order valence-electron chi connectivity index (χ3n) is 15.0. The van der Waals surface area contributed by atoms with Gasteiger partial charge in [0, 0.05) is 0 Å². The molecule has 0 nitrogen and oxygen atoms in total. The molecule has 7 aliphatic carbocycles. The van der Waals surface area contributed by atoms with Crippen LogP contribution in [0.25, 0.3) is 21.9 Å². The summed E-state index contributed by atoms with van der Waals surface area (Å²) in [6.45, 7) is 28.0. The van der Waals surface area contributed by atoms with E-state index < -0.39 is 0 Å². The van der Waals surface area contributed by atoms with Crippen molar-refractivity contribution in [2.45, 2.75) is 133 Å². The molecule has 5 atom stereocenters. The maximum absolute atomic E-state index is 3.47. The van der Waals surface area contributed by atoms with Crippen LogP contribution in [-0.2, 0) is 24.2 Å². The van der Waals surface area contributed by atoms with Crippen LogP contribution in [0.4, 0.5) is 0 Å². The Hall–Kier alpha value is -1.40. The van der Waals surface area contributed by atoms with Gasteiger partial charge in [-0.05, 0) is 122 Å². The minimum atomic E-state index is 0. The molecule has 4 bridgehead atoms. The average Bonchev–Trinajstić information content (AvgIpc) is 3.56. The van der Waals surface area contributed by atoms with Crippen molar-refractivity contribution in [1.82, 2.24) is 0 Å². The predicted molar refractivity (Wildman–Crippen MR) is 213 cm³/mol. The van der Waals surface area contributed by atoms with Crippen LogP contribution in [0.1, 0.15) is 152 Å². The number of aryl methyl sites for hydroxylation is 1. The van der Waals surface area contributed by atoms with E-state index in [9.17, 15) is 0 Å². The molecule has 10 rings (SSSR count). The summed E-state index contributed by atoms with van der Waals surface area (Å²) in [6.07, 6.45) is 17.5. The van der Waals surface area contributed by atoms with Gasteiger partial charge in [-0.2, -0.15) is 17.6 Å². The standard InChI is InChI=1S/C29H33.C17H23.C3H6.2ClH.Zr/c1-14-13-24-25(18(5)15(14)2)21(8)28-27-20(7)17(4)16(3)19(6)26(27)22-11-9-10-12-23(22)29(24)28;1-12-3-4-16(2,8-12)17-9-13-5-14(10-17)7-15(6-13)11-17;1-3-2;;;/h9-13,16-17,19,21H,1-8H3;4,8,13-15H,5-7,9-11H2,1-2H3;1-2H3;2*1H;/q2*-1;;;;+2/p-2. The van der Waals surface area contributed by atoms with Gasteiger partial charge in [0.1, 0.15) is 0 Å². The van der Waals surface area contributed by atoms with Crippen LogP contribution in [0, 0.1) is 73.2 Å². The van der Waals surface area contributed by atoms with Gasteiger partial charge >= 0.3 is 41.3 Å². The monoisotopic (exact) mass is 810 g/mol. The number of fused-ring (bicyclic) bond motifs is 8. The summed E-state index contributed by atoms with van der Waals surface area (Å²) in [5, 5.41) is 2.93. The zero-order valence-electron chi connectivity index (χ0n) is 34.1. The zero-order valence-corrected chi connectivity index (χ0v) is 38.1.